The molecule has 0 bridgehead atoms. The van der Waals surface area contributed by atoms with Crippen molar-refractivity contribution in [2.45, 2.75) is 37.8 Å². The van der Waals surface area contributed by atoms with E-state index in [0.29, 0.717) is 10.0 Å². The molecule has 1 aliphatic rings. The van der Waals surface area contributed by atoms with Gasteiger partial charge in [-0.25, -0.2) is 0 Å². The van der Waals surface area contributed by atoms with Crippen LogP contribution in [0.5, 0.6) is 5.75 Å². The Kier molecular flexibility index (Phi) is 4.18. The van der Waals surface area contributed by atoms with E-state index in [0.717, 1.165) is 25.7 Å². The van der Waals surface area contributed by atoms with Crippen molar-refractivity contribution in [1.29, 1.82) is 0 Å². The van der Waals surface area contributed by atoms with Crippen molar-refractivity contribution < 1.29 is 10.2 Å². The van der Waals surface area contributed by atoms with Gasteiger partial charge in [-0.1, -0.05) is 6.07 Å². The normalized spacial score (nSPS) is 25.3. The third kappa shape index (κ3) is 3.30. The van der Waals surface area contributed by atoms with Gasteiger partial charge in [0, 0.05) is 11.8 Å². The summed E-state index contributed by atoms with van der Waals surface area (Å²) in [5, 5.41) is 19.3. The second kappa shape index (κ2) is 5.65. The number of para-hydroxylation sites is 1. The van der Waals surface area contributed by atoms with Crippen LogP contribution in [0.1, 0.15) is 31.2 Å². The maximum atomic E-state index is 9.79. The highest BCUT2D eigenvalue weighted by molar-refractivity contribution is 9.10. The van der Waals surface area contributed by atoms with Crippen LogP contribution in [0.15, 0.2) is 27.7 Å². The van der Waals surface area contributed by atoms with E-state index in [1.54, 1.807) is 12.3 Å². The number of benzene rings is 1. The summed E-state index contributed by atoms with van der Waals surface area (Å²) in [6.07, 6.45) is 5.13. The van der Waals surface area contributed by atoms with Gasteiger partial charge in [0.1, 0.15) is 5.75 Å². The number of hydrogen-bond acceptors (Lipinski definition) is 3. The standard InChI is InChI=1S/C13H16BrNO2/c14-12-6-1-3-9(13(12)17)8-15-10-4-2-5-11(16)7-10/h1,3,6,8,10-11,16-17H,2,4-5,7H2/t10-,11+/m0/s1. The Morgan fingerprint density at radius 2 is 2.18 bits per heavy atom. The van der Waals surface area contributed by atoms with E-state index in [2.05, 4.69) is 20.9 Å². The molecule has 92 valence electrons. The van der Waals surface area contributed by atoms with E-state index < -0.39 is 0 Å². The van der Waals surface area contributed by atoms with Gasteiger partial charge in [0.05, 0.1) is 16.6 Å². The van der Waals surface area contributed by atoms with Gasteiger partial charge in [0.25, 0.3) is 0 Å². The van der Waals surface area contributed by atoms with Gasteiger partial charge >= 0.3 is 0 Å². The number of halogens is 1. The van der Waals surface area contributed by atoms with Gasteiger partial charge in [-0.3, -0.25) is 4.99 Å². The Labute approximate surface area is 109 Å². The van der Waals surface area contributed by atoms with Crippen LogP contribution in [-0.4, -0.2) is 28.6 Å². The van der Waals surface area contributed by atoms with E-state index in [1.807, 2.05) is 12.1 Å². The van der Waals surface area contributed by atoms with Crippen LogP contribution in [0.3, 0.4) is 0 Å². The predicted octanol–water partition coefficient (Wildman–Crippen LogP) is 2.88. The molecule has 1 fully saturated rings. The van der Waals surface area contributed by atoms with Gasteiger partial charge in [0.2, 0.25) is 0 Å². The highest BCUT2D eigenvalue weighted by Crippen LogP contribution is 2.27. The second-order valence-corrected chi connectivity index (χ2v) is 5.28. The third-order valence-corrected chi connectivity index (χ3v) is 3.70. The van der Waals surface area contributed by atoms with Gasteiger partial charge in [-0.05, 0) is 53.7 Å². The molecule has 3 nitrogen and oxygen atoms in total. The summed E-state index contributed by atoms with van der Waals surface area (Å²) in [6, 6.07) is 5.65. The molecule has 0 spiro atoms. The molecule has 0 aliphatic heterocycles. The van der Waals surface area contributed by atoms with Crippen LogP contribution >= 0.6 is 15.9 Å². The summed E-state index contributed by atoms with van der Waals surface area (Å²) in [5.74, 6) is 0.215. The second-order valence-electron chi connectivity index (χ2n) is 4.43. The Morgan fingerprint density at radius 1 is 1.35 bits per heavy atom. The zero-order chi connectivity index (χ0) is 12.3. The summed E-state index contributed by atoms with van der Waals surface area (Å²) in [4.78, 5) is 4.44. The number of aromatic hydroxyl groups is 1. The maximum Gasteiger partial charge on any atom is 0.138 e. The van der Waals surface area contributed by atoms with Crippen molar-refractivity contribution in [1.82, 2.24) is 0 Å². The van der Waals surface area contributed by atoms with Crippen molar-refractivity contribution in [2.75, 3.05) is 0 Å². The van der Waals surface area contributed by atoms with Crippen LogP contribution in [0.2, 0.25) is 0 Å². The van der Waals surface area contributed by atoms with Crippen molar-refractivity contribution in [3.05, 3.63) is 28.2 Å². The summed E-state index contributed by atoms with van der Waals surface area (Å²) in [5.41, 5.74) is 0.708. The summed E-state index contributed by atoms with van der Waals surface area (Å²) < 4.78 is 0.671. The van der Waals surface area contributed by atoms with Crippen LogP contribution in [0, 0.1) is 0 Å². The number of hydrogen-bond donors (Lipinski definition) is 2. The van der Waals surface area contributed by atoms with Gasteiger partial charge in [0.15, 0.2) is 0 Å². The molecular weight excluding hydrogens is 282 g/mol. The fraction of sp³-hybridized carbons (Fsp3) is 0.462. The Bertz CT molecular complexity index is 420. The number of phenols is 1. The first kappa shape index (κ1) is 12.6. The smallest absolute Gasteiger partial charge is 0.138 e. The predicted molar refractivity (Wildman–Crippen MR) is 71.7 cm³/mol. The lowest BCUT2D eigenvalue weighted by Crippen LogP contribution is -2.22. The highest BCUT2D eigenvalue weighted by atomic mass is 79.9. The van der Waals surface area contributed by atoms with Crippen molar-refractivity contribution in [3.8, 4) is 5.75 Å². The Hall–Kier alpha value is -0.870. The topological polar surface area (TPSA) is 52.8 Å². The molecule has 1 aliphatic carbocycles. The molecule has 4 heteroatoms. The Morgan fingerprint density at radius 3 is 2.94 bits per heavy atom. The molecule has 2 N–H and O–H groups in total. The molecule has 0 radical (unpaired) electrons. The van der Waals surface area contributed by atoms with Crippen molar-refractivity contribution in [2.24, 2.45) is 4.99 Å². The van der Waals surface area contributed by atoms with Crippen LogP contribution in [0.4, 0.5) is 0 Å². The number of phenolic OH excluding ortho intramolecular Hbond substituents is 1. The monoisotopic (exact) mass is 297 g/mol. The van der Waals surface area contributed by atoms with E-state index >= 15 is 0 Å². The van der Waals surface area contributed by atoms with E-state index in [1.165, 1.54) is 0 Å². The van der Waals surface area contributed by atoms with Crippen LogP contribution in [-0.2, 0) is 0 Å². The van der Waals surface area contributed by atoms with Crippen LogP contribution < -0.4 is 0 Å². The average molecular weight is 298 g/mol. The molecule has 0 heterocycles. The zero-order valence-corrected chi connectivity index (χ0v) is 11.1. The number of rotatable bonds is 2. The fourth-order valence-corrected chi connectivity index (χ4v) is 2.48. The number of aliphatic imine (C=N–C) groups is 1. The van der Waals surface area contributed by atoms with E-state index in [-0.39, 0.29) is 17.9 Å². The largest absolute Gasteiger partial charge is 0.506 e. The molecule has 17 heavy (non-hydrogen) atoms. The first-order chi connectivity index (χ1) is 8.16. The molecule has 0 saturated heterocycles. The maximum absolute atomic E-state index is 9.79. The van der Waals surface area contributed by atoms with Gasteiger partial charge in [-0.2, -0.15) is 0 Å². The number of nitrogens with zero attached hydrogens (tertiary/aromatic N) is 1. The van der Waals surface area contributed by atoms with E-state index in [4.69, 9.17) is 0 Å². The molecule has 0 unspecified atom stereocenters. The lowest BCUT2D eigenvalue weighted by molar-refractivity contribution is 0.121. The lowest BCUT2D eigenvalue weighted by atomic mass is 9.93. The first-order valence-corrected chi connectivity index (χ1v) is 6.65. The SMILES string of the molecule is Oc1c(Br)cccc1C=N[C@H]1CCC[C@@H](O)C1. The minimum absolute atomic E-state index is 0.178. The molecular formula is C13H16BrNO2. The van der Waals surface area contributed by atoms with Crippen molar-refractivity contribution >= 4 is 22.1 Å². The number of aliphatic hydroxyl groups is 1. The molecule has 0 amide bonds. The molecule has 2 rings (SSSR count). The Balaban J connectivity index is 2.07. The summed E-state index contributed by atoms with van der Waals surface area (Å²) in [7, 11) is 0. The highest BCUT2D eigenvalue weighted by Gasteiger charge is 2.18. The first-order valence-electron chi connectivity index (χ1n) is 5.85. The third-order valence-electron chi connectivity index (χ3n) is 3.06. The average Bonchev–Trinajstić information content (AvgIpc) is 2.31. The molecule has 1 saturated carbocycles. The quantitative estimate of drug-likeness (QED) is 0.825. The molecule has 0 aromatic heterocycles. The molecule has 1 aromatic carbocycles. The minimum Gasteiger partial charge on any atom is -0.506 e. The fourth-order valence-electron chi connectivity index (χ4n) is 2.10. The minimum atomic E-state index is -0.220. The zero-order valence-electron chi connectivity index (χ0n) is 9.51. The number of aliphatic hydroxyl groups excluding tert-OH is 1. The lowest BCUT2D eigenvalue weighted by Gasteiger charge is -2.22. The molecule has 2 atom stereocenters. The van der Waals surface area contributed by atoms with Crippen LogP contribution in [0.25, 0.3) is 0 Å². The summed E-state index contributed by atoms with van der Waals surface area (Å²) >= 11 is 3.27. The van der Waals surface area contributed by atoms with E-state index in [9.17, 15) is 10.2 Å². The van der Waals surface area contributed by atoms with Gasteiger partial charge < -0.3 is 10.2 Å². The summed E-state index contributed by atoms with van der Waals surface area (Å²) in [6.45, 7) is 0. The van der Waals surface area contributed by atoms with Gasteiger partial charge in [-0.15, -0.1) is 0 Å². The molecule has 1 aromatic rings. The van der Waals surface area contributed by atoms with Crippen molar-refractivity contribution in [3.63, 3.8) is 0 Å².